The topological polar surface area (TPSA) is 43.4 Å². The first kappa shape index (κ1) is 24.0. The average molecular weight is 443 g/mol. The molecular weight excluding hydrogens is 396 g/mol. The van der Waals surface area contributed by atoms with Crippen LogP contribution in [0.3, 0.4) is 0 Å². The lowest BCUT2D eigenvalue weighted by Crippen LogP contribution is -2.51. The quantitative estimate of drug-likeness (QED) is 0.420. The Labute approximate surface area is 196 Å². The van der Waals surface area contributed by atoms with Crippen LogP contribution in [0.25, 0.3) is 0 Å². The van der Waals surface area contributed by atoms with Gasteiger partial charge in [-0.2, -0.15) is 0 Å². The highest BCUT2D eigenvalue weighted by Gasteiger charge is 2.63. The molecule has 0 aromatic carbocycles. The molecule has 3 aliphatic carbocycles. The van der Waals surface area contributed by atoms with Crippen LogP contribution < -0.4 is 0 Å². The van der Waals surface area contributed by atoms with E-state index in [4.69, 9.17) is 4.74 Å². The Kier molecular flexibility index (Phi) is 6.21. The third-order valence-electron chi connectivity index (χ3n) is 10.8. The van der Waals surface area contributed by atoms with Crippen LogP contribution in [0.4, 0.5) is 0 Å². The molecule has 1 heterocycles. The monoisotopic (exact) mass is 442 g/mol. The highest BCUT2D eigenvalue weighted by molar-refractivity contribution is 5.99. The van der Waals surface area contributed by atoms with Crippen molar-refractivity contribution in [2.45, 2.75) is 119 Å². The molecule has 0 aromatic heterocycles. The van der Waals surface area contributed by atoms with Crippen molar-refractivity contribution in [3.63, 3.8) is 0 Å². The second-order valence-corrected chi connectivity index (χ2v) is 12.9. The zero-order valence-electron chi connectivity index (χ0n) is 21.7. The van der Waals surface area contributed by atoms with E-state index in [2.05, 4.69) is 41.5 Å². The minimum absolute atomic E-state index is 0.0248. The predicted octanol–water partition coefficient (Wildman–Crippen LogP) is 7.28. The number of hydrogen-bond acceptors (Lipinski definition) is 3. The van der Waals surface area contributed by atoms with Gasteiger partial charge in [0, 0.05) is 29.7 Å². The van der Waals surface area contributed by atoms with Gasteiger partial charge in [-0.1, -0.05) is 66.4 Å². The van der Waals surface area contributed by atoms with Crippen molar-refractivity contribution in [3.8, 4) is 0 Å². The van der Waals surface area contributed by atoms with Crippen molar-refractivity contribution in [3.05, 3.63) is 11.1 Å². The molecule has 0 radical (unpaired) electrons. The molecular formula is C29H46O3. The lowest BCUT2D eigenvalue weighted by atomic mass is 9.47. The normalized spacial score (nSPS) is 42.8. The third-order valence-corrected chi connectivity index (χ3v) is 10.8. The maximum atomic E-state index is 13.8. The molecule has 0 bridgehead atoms. The molecule has 1 saturated carbocycles. The molecule has 4 rings (SSSR count). The molecule has 0 N–H and O–H groups in total. The van der Waals surface area contributed by atoms with Gasteiger partial charge in [0.25, 0.3) is 0 Å². The number of hydrogen-bond donors (Lipinski definition) is 0. The Morgan fingerprint density at radius 2 is 1.72 bits per heavy atom. The van der Waals surface area contributed by atoms with E-state index in [1.54, 1.807) is 0 Å². The fraction of sp³-hybridized carbons (Fsp3) is 0.862. The summed E-state index contributed by atoms with van der Waals surface area (Å²) in [6.45, 7) is 16.4. The van der Waals surface area contributed by atoms with Crippen LogP contribution in [-0.4, -0.2) is 17.9 Å². The molecule has 0 unspecified atom stereocenters. The van der Waals surface area contributed by atoms with Crippen molar-refractivity contribution in [2.24, 2.45) is 39.9 Å². The first-order valence-corrected chi connectivity index (χ1v) is 13.4. The van der Waals surface area contributed by atoms with Gasteiger partial charge in [-0.15, -0.1) is 0 Å². The summed E-state index contributed by atoms with van der Waals surface area (Å²) in [5.41, 5.74) is 2.67. The average Bonchev–Trinajstić information content (AvgIpc) is 2.93. The van der Waals surface area contributed by atoms with Crippen LogP contribution in [0.2, 0.25) is 0 Å². The van der Waals surface area contributed by atoms with Gasteiger partial charge in [-0.25, -0.2) is 0 Å². The molecule has 1 aliphatic heterocycles. The smallest absolute Gasteiger partial charge is 0.306 e. The van der Waals surface area contributed by atoms with Crippen molar-refractivity contribution < 1.29 is 14.3 Å². The minimum atomic E-state index is -0.175. The van der Waals surface area contributed by atoms with Gasteiger partial charge in [0.15, 0.2) is 5.78 Å². The molecule has 0 spiro atoms. The van der Waals surface area contributed by atoms with Crippen LogP contribution in [0, 0.1) is 39.9 Å². The summed E-state index contributed by atoms with van der Waals surface area (Å²) in [7, 11) is 0. The first-order chi connectivity index (χ1) is 14.9. The molecule has 3 heteroatoms. The second kappa shape index (κ2) is 8.27. The van der Waals surface area contributed by atoms with E-state index < -0.39 is 0 Å². The Hall–Kier alpha value is -1.12. The Morgan fingerprint density at radius 3 is 2.41 bits per heavy atom. The van der Waals surface area contributed by atoms with Crippen molar-refractivity contribution >= 4 is 11.8 Å². The molecule has 3 nitrogen and oxygen atoms in total. The van der Waals surface area contributed by atoms with E-state index in [1.807, 2.05) is 6.92 Å². The van der Waals surface area contributed by atoms with Gasteiger partial charge in [-0.3, -0.25) is 9.59 Å². The van der Waals surface area contributed by atoms with E-state index in [9.17, 15) is 9.59 Å². The largest absolute Gasteiger partial charge is 0.462 e. The summed E-state index contributed by atoms with van der Waals surface area (Å²) in [5, 5.41) is 0. The summed E-state index contributed by atoms with van der Waals surface area (Å²) in [4.78, 5) is 26.0. The summed E-state index contributed by atoms with van der Waals surface area (Å²) < 4.78 is 5.69. The highest BCUT2D eigenvalue weighted by Crippen LogP contribution is 2.70. The number of Topliss-reactive ketones (excluding diaryl/α,β-unsaturated/α-hetero) is 1. The van der Waals surface area contributed by atoms with Gasteiger partial charge in [-0.05, 0) is 67.6 Å². The lowest BCUT2D eigenvalue weighted by molar-refractivity contribution is -0.150. The second-order valence-electron chi connectivity index (χ2n) is 12.9. The molecule has 180 valence electrons. The maximum Gasteiger partial charge on any atom is 0.306 e. The van der Waals surface area contributed by atoms with Crippen LogP contribution in [0.5, 0.6) is 0 Å². The molecule has 7 atom stereocenters. The van der Waals surface area contributed by atoms with Gasteiger partial charge in [0.2, 0.25) is 0 Å². The van der Waals surface area contributed by atoms with Gasteiger partial charge >= 0.3 is 5.97 Å². The Morgan fingerprint density at radius 1 is 1.00 bits per heavy atom. The fourth-order valence-electron chi connectivity index (χ4n) is 8.66. The van der Waals surface area contributed by atoms with Gasteiger partial charge in [0.05, 0.1) is 0 Å². The molecule has 2 fully saturated rings. The van der Waals surface area contributed by atoms with Crippen LogP contribution >= 0.6 is 0 Å². The van der Waals surface area contributed by atoms with Crippen LogP contribution in [0.1, 0.15) is 113 Å². The first-order valence-electron chi connectivity index (χ1n) is 13.4. The van der Waals surface area contributed by atoms with Crippen molar-refractivity contribution in [2.75, 3.05) is 0 Å². The number of esters is 1. The third kappa shape index (κ3) is 3.52. The number of cyclic esters (lactones) is 1. The minimum Gasteiger partial charge on any atom is -0.462 e. The molecule has 0 amide bonds. The number of allylic oxidation sites excluding steroid dienone is 2. The van der Waals surface area contributed by atoms with Crippen molar-refractivity contribution in [1.29, 1.82) is 0 Å². The number of carbonyl (C=O) groups excluding carboxylic acids is 2. The number of ether oxygens (including phenoxy) is 1. The molecule has 4 aliphatic rings. The summed E-state index contributed by atoms with van der Waals surface area (Å²) in [6, 6.07) is 0. The summed E-state index contributed by atoms with van der Waals surface area (Å²) in [5.74, 6) is 2.58. The van der Waals surface area contributed by atoms with Crippen LogP contribution in [-0.2, 0) is 14.3 Å². The molecule has 1 saturated heterocycles. The predicted molar refractivity (Wildman–Crippen MR) is 129 cm³/mol. The Balaban J connectivity index is 1.68. The zero-order valence-corrected chi connectivity index (χ0v) is 21.7. The standard InChI is InChI=1S/C29H46O3/c1-18(2)9-8-10-19(3)21-11-16-29(7)26-22(12-15-28(21,29)6)27(5)14-13-25(31)32-20(4)23(27)17-24(26)30/h18-21,23H,8-17H2,1-7H3/t19-,20+,21-,23+,27-,28-,29+/m1/s1. The number of carbonyl (C=O) groups is 2. The van der Waals surface area contributed by atoms with Crippen molar-refractivity contribution in [1.82, 2.24) is 0 Å². The van der Waals surface area contributed by atoms with E-state index in [0.29, 0.717) is 30.5 Å². The number of rotatable bonds is 5. The van der Waals surface area contributed by atoms with Gasteiger partial charge in [0.1, 0.15) is 6.10 Å². The van der Waals surface area contributed by atoms with Gasteiger partial charge < -0.3 is 4.74 Å². The van der Waals surface area contributed by atoms with E-state index in [0.717, 1.165) is 25.2 Å². The Bertz CT molecular complexity index is 809. The molecule has 32 heavy (non-hydrogen) atoms. The number of ketones is 1. The molecule has 0 aromatic rings. The summed E-state index contributed by atoms with van der Waals surface area (Å²) in [6.07, 6.45) is 10.2. The maximum absolute atomic E-state index is 13.8. The van der Waals surface area contributed by atoms with E-state index in [-0.39, 0.29) is 34.2 Å². The zero-order chi connectivity index (χ0) is 23.5. The summed E-state index contributed by atoms with van der Waals surface area (Å²) >= 11 is 0. The van der Waals surface area contributed by atoms with Crippen LogP contribution in [0.15, 0.2) is 11.1 Å². The number of fused-ring (bicyclic) bond motifs is 4. The SMILES string of the molecule is CC(C)CCC[C@@H](C)[C@H]1CC[C@@]2(C)C3=C(CC[C@]12C)[C@@]1(C)CCC(=O)O[C@@H](C)[C@@H]1CC3=O. The van der Waals surface area contributed by atoms with E-state index in [1.165, 1.54) is 43.3 Å². The lowest BCUT2D eigenvalue weighted by Gasteiger charge is -2.56. The highest BCUT2D eigenvalue weighted by atomic mass is 16.5. The van der Waals surface area contributed by atoms with E-state index >= 15 is 0 Å². The fourth-order valence-corrected chi connectivity index (χ4v) is 8.66.